The summed E-state index contributed by atoms with van der Waals surface area (Å²) < 4.78 is 27.0. The van der Waals surface area contributed by atoms with Gasteiger partial charge in [0.25, 0.3) is 0 Å². The molecular formula is C23H28O7. The smallest absolute Gasteiger partial charge is 0.497 e. The van der Waals surface area contributed by atoms with Crippen LogP contribution in [0.1, 0.15) is 30.9 Å². The minimum atomic E-state index is -0.747. The van der Waals surface area contributed by atoms with E-state index in [1.54, 1.807) is 14.0 Å². The van der Waals surface area contributed by atoms with Crippen LogP contribution < -0.4 is 9.47 Å². The third-order valence-electron chi connectivity index (χ3n) is 4.78. The lowest BCUT2D eigenvalue weighted by atomic mass is 10.0. The lowest BCUT2D eigenvalue weighted by molar-refractivity contribution is -0.186. The van der Waals surface area contributed by atoms with E-state index in [1.807, 2.05) is 48.5 Å². The SMILES string of the molecule is CCOC(=O)OCC1CC(O)CC(Oc2ccccc2Cc2ccc(OC)cc2)O1. The maximum absolute atomic E-state index is 11.4. The van der Waals surface area contributed by atoms with Gasteiger partial charge in [-0.15, -0.1) is 0 Å². The van der Waals surface area contributed by atoms with Gasteiger partial charge in [-0.3, -0.25) is 0 Å². The molecule has 1 N–H and O–H groups in total. The van der Waals surface area contributed by atoms with Gasteiger partial charge in [0.1, 0.15) is 18.1 Å². The second kappa shape index (κ2) is 10.8. The molecule has 162 valence electrons. The van der Waals surface area contributed by atoms with Crippen molar-refractivity contribution in [2.75, 3.05) is 20.3 Å². The Bertz CT molecular complexity index is 805. The van der Waals surface area contributed by atoms with E-state index in [0.717, 1.165) is 16.9 Å². The fourth-order valence-corrected chi connectivity index (χ4v) is 3.32. The van der Waals surface area contributed by atoms with E-state index in [-0.39, 0.29) is 13.2 Å². The highest BCUT2D eigenvalue weighted by Crippen LogP contribution is 2.28. The Morgan fingerprint density at radius 1 is 1.10 bits per heavy atom. The lowest BCUT2D eigenvalue weighted by Crippen LogP contribution is -2.41. The standard InChI is InChI=1S/C23H28O7/c1-3-27-23(25)28-15-20-13-18(24)14-22(29-20)30-21-7-5-4-6-17(21)12-16-8-10-19(26-2)11-9-16/h4-11,18,20,22,24H,3,12-15H2,1-2H3. The lowest BCUT2D eigenvalue weighted by Gasteiger charge is -2.33. The molecule has 0 aromatic heterocycles. The molecule has 2 aromatic carbocycles. The Balaban J connectivity index is 1.62. The van der Waals surface area contributed by atoms with Crippen LogP contribution in [-0.4, -0.2) is 50.1 Å². The van der Waals surface area contributed by atoms with Gasteiger partial charge in [0.05, 0.1) is 25.9 Å². The van der Waals surface area contributed by atoms with Gasteiger partial charge >= 0.3 is 6.16 Å². The highest BCUT2D eigenvalue weighted by Gasteiger charge is 2.31. The summed E-state index contributed by atoms with van der Waals surface area (Å²) in [5, 5.41) is 10.2. The van der Waals surface area contributed by atoms with Gasteiger partial charge in [0.2, 0.25) is 6.29 Å². The van der Waals surface area contributed by atoms with E-state index in [9.17, 15) is 9.90 Å². The Morgan fingerprint density at radius 3 is 2.60 bits per heavy atom. The van der Waals surface area contributed by atoms with Crippen molar-refractivity contribution in [1.29, 1.82) is 0 Å². The Kier molecular flexibility index (Phi) is 7.93. The highest BCUT2D eigenvalue weighted by molar-refractivity contribution is 5.59. The molecule has 3 rings (SSSR count). The molecule has 1 aliphatic heterocycles. The van der Waals surface area contributed by atoms with Crippen molar-refractivity contribution in [3.05, 3.63) is 59.7 Å². The van der Waals surface area contributed by atoms with E-state index in [0.29, 0.717) is 25.0 Å². The number of aliphatic hydroxyl groups excluding tert-OH is 1. The van der Waals surface area contributed by atoms with E-state index < -0.39 is 24.7 Å². The molecule has 0 bridgehead atoms. The third-order valence-corrected chi connectivity index (χ3v) is 4.78. The fraction of sp³-hybridized carbons (Fsp3) is 0.435. The minimum Gasteiger partial charge on any atom is -0.497 e. The molecule has 7 nitrogen and oxygen atoms in total. The number of aliphatic hydroxyl groups is 1. The maximum atomic E-state index is 11.4. The summed E-state index contributed by atoms with van der Waals surface area (Å²) in [4.78, 5) is 11.4. The first-order valence-corrected chi connectivity index (χ1v) is 10.1. The summed E-state index contributed by atoms with van der Waals surface area (Å²) in [5.74, 6) is 1.50. The number of hydrogen-bond donors (Lipinski definition) is 1. The molecular weight excluding hydrogens is 388 g/mol. The zero-order chi connectivity index (χ0) is 21.3. The van der Waals surface area contributed by atoms with E-state index in [1.165, 1.54) is 0 Å². The minimum absolute atomic E-state index is 0.00322. The number of ether oxygens (including phenoxy) is 5. The van der Waals surface area contributed by atoms with Crippen molar-refractivity contribution in [3.8, 4) is 11.5 Å². The number of carbonyl (C=O) groups is 1. The van der Waals surface area contributed by atoms with Gasteiger partial charge in [-0.05, 0) is 36.2 Å². The molecule has 0 aliphatic carbocycles. The Labute approximate surface area is 176 Å². The molecule has 3 unspecified atom stereocenters. The third kappa shape index (κ3) is 6.37. The van der Waals surface area contributed by atoms with E-state index in [4.69, 9.17) is 23.7 Å². The highest BCUT2D eigenvalue weighted by atomic mass is 16.7. The van der Waals surface area contributed by atoms with Crippen LogP contribution in [0.3, 0.4) is 0 Å². The van der Waals surface area contributed by atoms with Gasteiger partial charge in [-0.25, -0.2) is 4.79 Å². The fourth-order valence-electron chi connectivity index (χ4n) is 3.32. The summed E-state index contributed by atoms with van der Waals surface area (Å²) >= 11 is 0. The number of hydrogen-bond acceptors (Lipinski definition) is 7. The van der Waals surface area contributed by atoms with Gasteiger partial charge in [-0.1, -0.05) is 30.3 Å². The summed E-state index contributed by atoms with van der Waals surface area (Å²) in [6, 6.07) is 15.6. The monoisotopic (exact) mass is 416 g/mol. The molecule has 2 aromatic rings. The number of benzene rings is 2. The van der Waals surface area contributed by atoms with Crippen LogP contribution in [0.25, 0.3) is 0 Å². The number of rotatable bonds is 8. The summed E-state index contributed by atoms with van der Waals surface area (Å²) in [7, 11) is 1.64. The van der Waals surface area contributed by atoms with Crippen LogP contribution in [0.15, 0.2) is 48.5 Å². The first kappa shape index (κ1) is 21.9. The first-order valence-electron chi connectivity index (χ1n) is 10.1. The second-order valence-corrected chi connectivity index (χ2v) is 7.06. The molecule has 1 heterocycles. The number of carbonyl (C=O) groups excluding carboxylic acids is 1. The van der Waals surface area contributed by atoms with Crippen molar-refractivity contribution in [3.63, 3.8) is 0 Å². The van der Waals surface area contributed by atoms with E-state index >= 15 is 0 Å². The quantitative estimate of drug-likeness (QED) is 0.657. The second-order valence-electron chi connectivity index (χ2n) is 7.06. The molecule has 1 fully saturated rings. The van der Waals surface area contributed by atoms with Crippen LogP contribution in [0.4, 0.5) is 4.79 Å². The summed E-state index contributed by atoms with van der Waals surface area (Å²) in [6.45, 7) is 1.95. The van der Waals surface area contributed by atoms with Crippen LogP contribution in [0, 0.1) is 0 Å². The average molecular weight is 416 g/mol. The molecule has 0 amide bonds. The van der Waals surface area contributed by atoms with Crippen molar-refractivity contribution < 1.29 is 33.6 Å². The largest absolute Gasteiger partial charge is 0.508 e. The molecule has 7 heteroatoms. The van der Waals surface area contributed by atoms with E-state index in [2.05, 4.69) is 0 Å². The molecule has 1 saturated heterocycles. The number of para-hydroxylation sites is 1. The first-order chi connectivity index (χ1) is 14.6. The Morgan fingerprint density at radius 2 is 1.87 bits per heavy atom. The van der Waals surface area contributed by atoms with Crippen LogP contribution in [-0.2, 0) is 20.6 Å². The van der Waals surface area contributed by atoms with Crippen molar-refractivity contribution in [2.45, 2.75) is 44.7 Å². The predicted molar refractivity (Wildman–Crippen MR) is 110 cm³/mol. The Hall–Kier alpha value is -2.77. The summed E-state index contributed by atoms with van der Waals surface area (Å²) in [6.07, 6.45) is -1.06. The van der Waals surface area contributed by atoms with Gasteiger partial charge in [0.15, 0.2) is 0 Å². The van der Waals surface area contributed by atoms with Gasteiger partial charge < -0.3 is 28.8 Å². The molecule has 0 saturated carbocycles. The van der Waals surface area contributed by atoms with Crippen molar-refractivity contribution >= 4 is 6.16 Å². The molecule has 1 aliphatic rings. The zero-order valence-electron chi connectivity index (χ0n) is 17.3. The van der Waals surface area contributed by atoms with Crippen molar-refractivity contribution in [2.24, 2.45) is 0 Å². The van der Waals surface area contributed by atoms with Crippen LogP contribution >= 0.6 is 0 Å². The molecule has 0 spiro atoms. The van der Waals surface area contributed by atoms with Crippen LogP contribution in [0.2, 0.25) is 0 Å². The average Bonchev–Trinajstić information content (AvgIpc) is 2.74. The molecule has 0 radical (unpaired) electrons. The normalized spacial score (nSPS) is 21.0. The topological polar surface area (TPSA) is 83.5 Å². The predicted octanol–water partition coefficient (Wildman–Crippen LogP) is 3.70. The van der Waals surface area contributed by atoms with Crippen LogP contribution in [0.5, 0.6) is 11.5 Å². The summed E-state index contributed by atoms with van der Waals surface area (Å²) in [5.41, 5.74) is 2.13. The zero-order valence-corrected chi connectivity index (χ0v) is 17.3. The molecule has 30 heavy (non-hydrogen) atoms. The van der Waals surface area contributed by atoms with Gasteiger partial charge in [0, 0.05) is 19.3 Å². The van der Waals surface area contributed by atoms with Gasteiger partial charge in [-0.2, -0.15) is 0 Å². The van der Waals surface area contributed by atoms with Crippen molar-refractivity contribution in [1.82, 2.24) is 0 Å². The maximum Gasteiger partial charge on any atom is 0.508 e. The molecule has 3 atom stereocenters. The number of methoxy groups -OCH3 is 1.